The molecule has 2 aromatic carbocycles. The molecular formula is C25H34N4O5S. The van der Waals surface area contributed by atoms with E-state index >= 15 is 0 Å². The molecule has 1 fully saturated rings. The summed E-state index contributed by atoms with van der Waals surface area (Å²) in [5.41, 5.74) is 1.32. The van der Waals surface area contributed by atoms with Crippen molar-refractivity contribution in [2.45, 2.75) is 43.7 Å². The summed E-state index contributed by atoms with van der Waals surface area (Å²) in [6.07, 6.45) is 0.865. The molecule has 0 aliphatic carbocycles. The Morgan fingerprint density at radius 1 is 1.00 bits per heavy atom. The first-order valence-corrected chi connectivity index (χ1v) is 13.3. The summed E-state index contributed by atoms with van der Waals surface area (Å²) in [5.74, 6) is -0.653. The monoisotopic (exact) mass is 502 g/mol. The number of rotatable bonds is 11. The summed E-state index contributed by atoms with van der Waals surface area (Å²) in [7, 11) is -3.67. The molecule has 10 heteroatoms. The van der Waals surface area contributed by atoms with Crippen molar-refractivity contribution in [3.63, 3.8) is 0 Å². The summed E-state index contributed by atoms with van der Waals surface area (Å²) in [4.78, 5) is 26.3. The highest BCUT2D eigenvalue weighted by atomic mass is 32.2. The number of carbonyl (C=O) groups is 2. The van der Waals surface area contributed by atoms with Crippen molar-refractivity contribution in [2.24, 2.45) is 0 Å². The lowest BCUT2D eigenvalue weighted by Gasteiger charge is -2.37. The normalized spacial score (nSPS) is 15.4. The van der Waals surface area contributed by atoms with E-state index in [4.69, 9.17) is 4.74 Å². The number of benzene rings is 2. The van der Waals surface area contributed by atoms with Gasteiger partial charge in [-0.05, 0) is 69.6 Å². The molecule has 0 bridgehead atoms. The Kier molecular flexibility index (Phi) is 9.39. The van der Waals surface area contributed by atoms with Crippen LogP contribution in [0.4, 0.5) is 0 Å². The van der Waals surface area contributed by atoms with Crippen LogP contribution in [0, 0.1) is 6.92 Å². The van der Waals surface area contributed by atoms with Crippen LogP contribution < -0.4 is 20.7 Å². The molecular weight excluding hydrogens is 468 g/mol. The van der Waals surface area contributed by atoms with E-state index in [1.807, 2.05) is 26.0 Å². The number of piperidine rings is 1. The van der Waals surface area contributed by atoms with Gasteiger partial charge in [-0.2, -0.15) is 0 Å². The Morgan fingerprint density at radius 3 is 2.29 bits per heavy atom. The average Bonchev–Trinajstić information content (AvgIpc) is 2.86. The Hall–Kier alpha value is -2.79. The molecule has 0 unspecified atom stereocenters. The van der Waals surface area contributed by atoms with Crippen LogP contribution >= 0.6 is 0 Å². The molecule has 0 saturated carbocycles. The molecule has 2 aromatic rings. The summed E-state index contributed by atoms with van der Waals surface area (Å²) >= 11 is 0. The van der Waals surface area contributed by atoms with Gasteiger partial charge in [0.1, 0.15) is 5.54 Å². The minimum absolute atomic E-state index is 0.0333. The van der Waals surface area contributed by atoms with Crippen LogP contribution in [0.1, 0.15) is 41.3 Å². The van der Waals surface area contributed by atoms with Crippen molar-refractivity contribution in [2.75, 3.05) is 32.8 Å². The Balaban J connectivity index is 1.58. The van der Waals surface area contributed by atoms with Gasteiger partial charge in [0.2, 0.25) is 15.9 Å². The van der Waals surface area contributed by atoms with E-state index < -0.39 is 15.6 Å². The smallest absolute Gasteiger partial charge is 0.252 e. The predicted octanol–water partition coefficient (Wildman–Crippen LogP) is 1.48. The quantitative estimate of drug-likeness (QED) is 0.345. The molecule has 0 radical (unpaired) electrons. The van der Waals surface area contributed by atoms with Crippen LogP contribution in [0.15, 0.2) is 53.4 Å². The SMILES string of the molecule is CCOCc1ccc(C(=O)NC2(C(=O)NCCNS(=O)(=O)c3ccc(C)cc3)CCNCC2)cc1. The summed E-state index contributed by atoms with van der Waals surface area (Å²) in [6.45, 7) is 6.19. The molecule has 3 rings (SSSR count). The molecule has 0 spiro atoms. The number of carbonyl (C=O) groups excluding carboxylic acids is 2. The van der Waals surface area contributed by atoms with Crippen LogP contribution in [0.2, 0.25) is 0 Å². The molecule has 35 heavy (non-hydrogen) atoms. The van der Waals surface area contributed by atoms with Gasteiger partial charge >= 0.3 is 0 Å². The first kappa shape index (κ1) is 26.8. The fourth-order valence-electron chi connectivity index (χ4n) is 3.86. The third-order valence-electron chi connectivity index (χ3n) is 5.97. The van der Waals surface area contributed by atoms with Gasteiger partial charge in [-0.3, -0.25) is 9.59 Å². The number of amides is 2. The van der Waals surface area contributed by atoms with Crippen molar-refractivity contribution in [1.82, 2.24) is 20.7 Å². The summed E-state index contributed by atoms with van der Waals surface area (Å²) in [6, 6.07) is 13.6. The number of nitrogens with one attached hydrogen (secondary N) is 4. The van der Waals surface area contributed by atoms with E-state index in [2.05, 4.69) is 20.7 Å². The van der Waals surface area contributed by atoms with E-state index in [9.17, 15) is 18.0 Å². The second-order valence-corrected chi connectivity index (χ2v) is 10.4. The minimum atomic E-state index is -3.67. The maximum Gasteiger partial charge on any atom is 0.252 e. The molecule has 190 valence electrons. The third kappa shape index (κ3) is 7.35. The lowest BCUT2D eigenvalue weighted by molar-refractivity contribution is -0.128. The van der Waals surface area contributed by atoms with Crippen molar-refractivity contribution in [3.05, 3.63) is 65.2 Å². The largest absolute Gasteiger partial charge is 0.377 e. The summed E-state index contributed by atoms with van der Waals surface area (Å²) < 4.78 is 32.8. The lowest BCUT2D eigenvalue weighted by atomic mass is 9.86. The zero-order valence-corrected chi connectivity index (χ0v) is 21.0. The maximum absolute atomic E-state index is 13.1. The second kappa shape index (κ2) is 12.3. The first-order chi connectivity index (χ1) is 16.8. The van der Waals surface area contributed by atoms with Crippen LogP contribution in [0.3, 0.4) is 0 Å². The van der Waals surface area contributed by atoms with Gasteiger partial charge in [0.15, 0.2) is 0 Å². The van der Waals surface area contributed by atoms with Gasteiger partial charge < -0.3 is 20.7 Å². The first-order valence-electron chi connectivity index (χ1n) is 11.8. The van der Waals surface area contributed by atoms with Crippen LogP contribution in [-0.4, -0.2) is 58.6 Å². The van der Waals surface area contributed by atoms with E-state index in [1.54, 1.807) is 36.4 Å². The molecule has 1 heterocycles. The average molecular weight is 503 g/mol. The Bertz CT molecular complexity index is 1100. The van der Waals surface area contributed by atoms with E-state index in [1.165, 1.54) is 0 Å². The third-order valence-corrected chi connectivity index (χ3v) is 7.44. The highest BCUT2D eigenvalue weighted by Crippen LogP contribution is 2.20. The molecule has 0 atom stereocenters. The highest BCUT2D eigenvalue weighted by molar-refractivity contribution is 7.89. The number of sulfonamides is 1. The van der Waals surface area contributed by atoms with Crippen molar-refractivity contribution in [1.29, 1.82) is 0 Å². The van der Waals surface area contributed by atoms with Gasteiger partial charge in [-0.25, -0.2) is 13.1 Å². The molecule has 2 amide bonds. The second-order valence-electron chi connectivity index (χ2n) is 8.59. The molecule has 0 aromatic heterocycles. The number of ether oxygens (including phenoxy) is 1. The topological polar surface area (TPSA) is 126 Å². The Labute approximate surface area is 207 Å². The van der Waals surface area contributed by atoms with E-state index in [0.29, 0.717) is 44.7 Å². The fourth-order valence-corrected chi connectivity index (χ4v) is 4.89. The predicted molar refractivity (Wildman–Crippen MR) is 133 cm³/mol. The number of aryl methyl sites for hydroxylation is 1. The van der Waals surface area contributed by atoms with Gasteiger partial charge in [0.05, 0.1) is 11.5 Å². The lowest BCUT2D eigenvalue weighted by Crippen LogP contribution is -2.63. The zero-order chi connectivity index (χ0) is 25.3. The molecule has 9 nitrogen and oxygen atoms in total. The summed E-state index contributed by atoms with van der Waals surface area (Å²) in [5, 5.41) is 8.94. The number of hydrogen-bond acceptors (Lipinski definition) is 6. The fraction of sp³-hybridized carbons (Fsp3) is 0.440. The van der Waals surface area contributed by atoms with E-state index in [-0.39, 0.29) is 29.8 Å². The zero-order valence-electron chi connectivity index (χ0n) is 20.2. The van der Waals surface area contributed by atoms with E-state index in [0.717, 1.165) is 11.1 Å². The van der Waals surface area contributed by atoms with Crippen LogP contribution in [-0.2, 0) is 26.2 Å². The maximum atomic E-state index is 13.1. The molecule has 1 aliphatic heterocycles. The standard InChI is InChI=1S/C25H34N4O5S/c1-3-34-18-20-6-8-21(9-7-20)23(30)29-25(12-14-26-15-13-25)24(31)27-16-17-28-35(32,33)22-10-4-19(2)5-11-22/h4-11,26,28H,3,12-18H2,1-2H3,(H,27,31)(H,29,30). The Morgan fingerprint density at radius 2 is 1.66 bits per heavy atom. The molecule has 1 saturated heterocycles. The van der Waals surface area contributed by atoms with Crippen molar-refractivity contribution >= 4 is 21.8 Å². The number of hydrogen-bond donors (Lipinski definition) is 4. The van der Waals surface area contributed by atoms with Gasteiger partial charge in [-0.1, -0.05) is 29.8 Å². The highest BCUT2D eigenvalue weighted by Gasteiger charge is 2.40. The minimum Gasteiger partial charge on any atom is -0.377 e. The molecule has 4 N–H and O–H groups in total. The van der Waals surface area contributed by atoms with Gasteiger partial charge in [-0.15, -0.1) is 0 Å². The van der Waals surface area contributed by atoms with Crippen LogP contribution in [0.5, 0.6) is 0 Å². The van der Waals surface area contributed by atoms with Crippen molar-refractivity contribution < 1.29 is 22.7 Å². The molecule has 1 aliphatic rings. The van der Waals surface area contributed by atoms with Crippen molar-refractivity contribution in [3.8, 4) is 0 Å². The van der Waals surface area contributed by atoms with Crippen LogP contribution in [0.25, 0.3) is 0 Å². The van der Waals surface area contributed by atoms with Gasteiger partial charge in [0, 0.05) is 25.3 Å². The van der Waals surface area contributed by atoms with Gasteiger partial charge in [0.25, 0.3) is 5.91 Å².